The molecule has 0 spiro atoms. The lowest BCUT2D eigenvalue weighted by Crippen LogP contribution is -2.01. The summed E-state index contributed by atoms with van der Waals surface area (Å²) < 4.78 is 0. The standard InChI is InChI=1S/C13H12N4O2/c1-10(11-5-4-8-14-9-11)15-16-12-6-2-3-7-13(12)17(18)19/h2-9,16H,1H3/b15-10-. The van der Waals surface area contributed by atoms with Gasteiger partial charge in [0.15, 0.2) is 0 Å². The maximum atomic E-state index is 10.8. The average molecular weight is 256 g/mol. The van der Waals surface area contributed by atoms with Crippen molar-refractivity contribution in [2.24, 2.45) is 5.10 Å². The highest BCUT2D eigenvalue weighted by atomic mass is 16.6. The number of aromatic nitrogens is 1. The van der Waals surface area contributed by atoms with Crippen molar-refractivity contribution in [2.75, 3.05) is 5.43 Å². The maximum Gasteiger partial charge on any atom is 0.294 e. The summed E-state index contributed by atoms with van der Waals surface area (Å²) in [7, 11) is 0. The van der Waals surface area contributed by atoms with Crippen LogP contribution in [0.4, 0.5) is 11.4 Å². The zero-order chi connectivity index (χ0) is 13.7. The highest BCUT2D eigenvalue weighted by Crippen LogP contribution is 2.23. The Kier molecular flexibility index (Phi) is 3.82. The first-order chi connectivity index (χ1) is 9.18. The Morgan fingerprint density at radius 2 is 2.11 bits per heavy atom. The predicted octanol–water partition coefficient (Wildman–Crippen LogP) is 2.83. The molecule has 0 aliphatic rings. The number of hydrogen-bond acceptors (Lipinski definition) is 5. The molecule has 1 aromatic carbocycles. The SMILES string of the molecule is C/C(=N/Nc1ccccc1[N+](=O)[O-])c1cccnc1. The fraction of sp³-hybridized carbons (Fsp3) is 0.0769. The number of nitrogens with one attached hydrogen (secondary N) is 1. The smallest absolute Gasteiger partial charge is 0.271 e. The third kappa shape index (κ3) is 3.12. The number of anilines is 1. The highest BCUT2D eigenvalue weighted by Gasteiger charge is 2.11. The Morgan fingerprint density at radius 3 is 2.79 bits per heavy atom. The summed E-state index contributed by atoms with van der Waals surface area (Å²) in [6.07, 6.45) is 3.35. The van der Waals surface area contributed by atoms with Crippen LogP contribution < -0.4 is 5.43 Å². The second-order valence-corrected chi connectivity index (χ2v) is 3.82. The van der Waals surface area contributed by atoms with Gasteiger partial charge in [-0.25, -0.2) is 0 Å². The van der Waals surface area contributed by atoms with Crippen molar-refractivity contribution in [3.63, 3.8) is 0 Å². The van der Waals surface area contributed by atoms with Gasteiger partial charge in [0.2, 0.25) is 0 Å². The van der Waals surface area contributed by atoms with E-state index in [1.807, 2.05) is 6.07 Å². The van der Waals surface area contributed by atoms with Crippen molar-refractivity contribution in [3.8, 4) is 0 Å². The van der Waals surface area contributed by atoms with Crippen molar-refractivity contribution in [1.29, 1.82) is 0 Å². The van der Waals surface area contributed by atoms with Gasteiger partial charge >= 0.3 is 0 Å². The molecular formula is C13H12N4O2. The molecule has 19 heavy (non-hydrogen) atoms. The van der Waals surface area contributed by atoms with Gasteiger partial charge in [0.25, 0.3) is 5.69 Å². The Bertz CT molecular complexity index is 611. The van der Waals surface area contributed by atoms with E-state index in [0.29, 0.717) is 11.4 Å². The van der Waals surface area contributed by atoms with E-state index in [1.54, 1.807) is 43.6 Å². The van der Waals surface area contributed by atoms with E-state index < -0.39 is 4.92 Å². The Balaban J connectivity index is 2.21. The molecule has 1 aromatic heterocycles. The van der Waals surface area contributed by atoms with Crippen LogP contribution in [0.3, 0.4) is 0 Å². The van der Waals surface area contributed by atoms with Gasteiger partial charge < -0.3 is 0 Å². The number of para-hydroxylation sites is 2. The minimum Gasteiger partial charge on any atom is -0.271 e. The first-order valence-electron chi connectivity index (χ1n) is 5.62. The minimum absolute atomic E-state index is 0.00904. The number of nitro benzene ring substituents is 1. The molecule has 0 atom stereocenters. The molecule has 0 bridgehead atoms. The molecule has 0 aliphatic carbocycles. The van der Waals surface area contributed by atoms with Crippen LogP contribution in [0, 0.1) is 10.1 Å². The van der Waals surface area contributed by atoms with E-state index in [2.05, 4.69) is 15.5 Å². The maximum absolute atomic E-state index is 10.8. The Hall–Kier alpha value is -2.76. The second-order valence-electron chi connectivity index (χ2n) is 3.82. The normalized spacial score (nSPS) is 11.1. The van der Waals surface area contributed by atoms with Gasteiger partial charge in [-0.05, 0) is 19.1 Å². The zero-order valence-corrected chi connectivity index (χ0v) is 10.3. The number of rotatable bonds is 4. The molecule has 0 saturated carbocycles. The van der Waals surface area contributed by atoms with Crippen LogP contribution in [0.2, 0.25) is 0 Å². The van der Waals surface area contributed by atoms with Crippen LogP contribution in [0.15, 0.2) is 53.9 Å². The van der Waals surface area contributed by atoms with E-state index in [1.165, 1.54) is 6.07 Å². The molecule has 0 radical (unpaired) electrons. The van der Waals surface area contributed by atoms with Gasteiger partial charge in [-0.2, -0.15) is 5.10 Å². The molecule has 0 amide bonds. The quantitative estimate of drug-likeness (QED) is 0.518. The molecule has 0 fully saturated rings. The molecule has 0 unspecified atom stereocenters. The Labute approximate surface area is 110 Å². The minimum atomic E-state index is -0.447. The number of nitro groups is 1. The summed E-state index contributed by atoms with van der Waals surface area (Å²) in [6.45, 7) is 1.80. The molecule has 1 N–H and O–H groups in total. The summed E-state index contributed by atoms with van der Waals surface area (Å²) in [5.41, 5.74) is 4.61. The summed E-state index contributed by atoms with van der Waals surface area (Å²) >= 11 is 0. The molecule has 6 heteroatoms. The number of hydrogen-bond donors (Lipinski definition) is 1. The number of benzene rings is 1. The molecular weight excluding hydrogens is 244 g/mol. The van der Waals surface area contributed by atoms with Gasteiger partial charge in [-0.1, -0.05) is 18.2 Å². The summed E-state index contributed by atoms with van der Waals surface area (Å²) in [6, 6.07) is 10.0. The number of pyridine rings is 1. The molecule has 1 heterocycles. The van der Waals surface area contributed by atoms with Crippen LogP contribution in [0.1, 0.15) is 12.5 Å². The molecule has 6 nitrogen and oxygen atoms in total. The van der Waals surface area contributed by atoms with E-state index in [-0.39, 0.29) is 5.69 Å². The van der Waals surface area contributed by atoms with E-state index in [9.17, 15) is 10.1 Å². The van der Waals surface area contributed by atoms with Gasteiger partial charge in [0.1, 0.15) is 5.69 Å². The summed E-state index contributed by atoms with van der Waals surface area (Å²) in [5.74, 6) is 0. The van der Waals surface area contributed by atoms with E-state index in [0.717, 1.165) is 5.56 Å². The van der Waals surface area contributed by atoms with Gasteiger partial charge in [-0.15, -0.1) is 0 Å². The van der Waals surface area contributed by atoms with Crippen molar-refractivity contribution in [3.05, 3.63) is 64.5 Å². The largest absolute Gasteiger partial charge is 0.294 e. The highest BCUT2D eigenvalue weighted by molar-refractivity contribution is 5.98. The molecule has 0 saturated heterocycles. The van der Waals surface area contributed by atoms with Crippen molar-refractivity contribution in [2.45, 2.75) is 6.92 Å². The van der Waals surface area contributed by atoms with Gasteiger partial charge in [-0.3, -0.25) is 20.5 Å². The first kappa shape index (κ1) is 12.7. The fourth-order valence-corrected chi connectivity index (χ4v) is 1.51. The van der Waals surface area contributed by atoms with Crippen molar-refractivity contribution < 1.29 is 4.92 Å². The van der Waals surface area contributed by atoms with Crippen LogP contribution >= 0.6 is 0 Å². The summed E-state index contributed by atoms with van der Waals surface area (Å²) in [4.78, 5) is 14.4. The van der Waals surface area contributed by atoms with Gasteiger partial charge in [0, 0.05) is 24.0 Å². The molecule has 0 aliphatic heterocycles. The van der Waals surface area contributed by atoms with E-state index >= 15 is 0 Å². The average Bonchev–Trinajstić information content (AvgIpc) is 2.46. The zero-order valence-electron chi connectivity index (χ0n) is 10.3. The lowest BCUT2D eigenvalue weighted by molar-refractivity contribution is -0.384. The number of nitrogens with zero attached hydrogens (tertiary/aromatic N) is 3. The monoisotopic (exact) mass is 256 g/mol. The lowest BCUT2D eigenvalue weighted by Gasteiger charge is -2.03. The van der Waals surface area contributed by atoms with Crippen molar-refractivity contribution >= 4 is 17.1 Å². The third-order valence-electron chi connectivity index (χ3n) is 2.52. The second kappa shape index (κ2) is 5.72. The topological polar surface area (TPSA) is 80.4 Å². The van der Waals surface area contributed by atoms with Gasteiger partial charge in [0.05, 0.1) is 10.6 Å². The molecule has 96 valence electrons. The summed E-state index contributed by atoms with van der Waals surface area (Å²) in [5, 5.41) is 15.0. The van der Waals surface area contributed by atoms with Crippen LogP contribution in [-0.2, 0) is 0 Å². The molecule has 2 rings (SSSR count). The molecule has 2 aromatic rings. The lowest BCUT2D eigenvalue weighted by atomic mass is 10.2. The van der Waals surface area contributed by atoms with Crippen LogP contribution in [0.25, 0.3) is 0 Å². The van der Waals surface area contributed by atoms with Crippen LogP contribution in [0.5, 0.6) is 0 Å². The van der Waals surface area contributed by atoms with E-state index in [4.69, 9.17) is 0 Å². The first-order valence-corrected chi connectivity index (χ1v) is 5.62. The number of hydrazone groups is 1. The third-order valence-corrected chi connectivity index (χ3v) is 2.52. The fourth-order valence-electron chi connectivity index (χ4n) is 1.51. The van der Waals surface area contributed by atoms with Crippen LogP contribution in [-0.4, -0.2) is 15.6 Å². The Morgan fingerprint density at radius 1 is 1.32 bits per heavy atom. The predicted molar refractivity (Wildman–Crippen MR) is 73.2 cm³/mol. The van der Waals surface area contributed by atoms with Crippen molar-refractivity contribution in [1.82, 2.24) is 4.98 Å².